The monoisotopic (exact) mass is 451 g/mol. The number of hydrogen-bond acceptors (Lipinski definition) is 9. The molecule has 10 nitrogen and oxygen atoms in total. The van der Waals surface area contributed by atoms with E-state index in [1.807, 2.05) is 46.3 Å². The molecule has 174 valence electrons. The highest BCUT2D eigenvalue weighted by molar-refractivity contribution is 5.94. The molecule has 33 heavy (non-hydrogen) atoms. The molecule has 0 spiro atoms. The van der Waals surface area contributed by atoms with Crippen molar-refractivity contribution < 1.29 is 14.3 Å². The summed E-state index contributed by atoms with van der Waals surface area (Å²) in [5, 5.41) is 6.44. The van der Waals surface area contributed by atoms with Crippen molar-refractivity contribution in [3.05, 3.63) is 52.8 Å². The number of nitrogens with two attached hydrogens (primary N) is 1. The van der Waals surface area contributed by atoms with E-state index in [2.05, 4.69) is 20.6 Å². The molecule has 1 unspecified atom stereocenters. The summed E-state index contributed by atoms with van der Waals surface area (Å²) in [7, 11) is 1.62. The first kappa shape index (κ1) is 22.7. The van der Waals surface area contributed by atoms with Crippen LogP contribution in [0, 0.1) is 0 Å². The number of hydrogen-bond donors (Lipinski definition) is 3. The van der Waals surface area contributed by atoms with Crippen LogP contribution < -0.4 is 16.4 Å². The van der Waals surface area contributed by atoms with Crippen LogP contribution in [0.4, 0.5) is 11.8 Å². The zero-order chi connectivity index (χ0) is 23.2. The van der Waals surface area contributed by atoms with Gasteiger partial charge in [0.05, 0.1) is 17.9 Å². The van der Waals surface area contributed by atoms with E-state index in [1.165, 1.54) is 0 Å². The van der Waals surface area contributed by atoms with Crippen LogP contribution in [-0.2, 0) is 16.1 Å². The van der Waals surface area contributed by atoms with Crippen molar-refractivity contribution in [1.82, 2.24) is 25.1 Å². The van der Waals surface area contributed by atoms with Crippen molar-refractivity contribution in [3.8, 4) is 0 Å². The minimum Gasteiger partial charge on any atom is -0.383 e. The van der Waals surface area contributed by atoms with Gasteiger partial charge in [0, 0.05) is 58.1 Å². The van der Waals surface area contributed by atoms with Gasteiger partial charge in [-0.25, -0.2) is 4.98 Å². The van der Waals surface area contributed by atoms with Crippen LogP contribution in [-0.4, -0.2) is 78.4 Å². The number of piperazine rings is 1. The maximum absolute atomic E-state index is 12.7. The van der Waals surface area contributed by atoms with Gasteiger partial charge in [0.15, 0.2) is 0 Å². The zero-order valence-electron chi connectivity index (χ0n) is 18.7. The highest BCUT2D eigenvalue weighted by Crippen LogP contribution is 2.34. The molecule has 0 bridgehead atoms. The van der Waals surface area contributed by atoms with Crippen molar-refractivity contribution in [1.29, 1.82) is 0 Å². The fourth-order valence-electron chi connectivity index (χ4n) is 4.07. The molecule has 1 aromatic carbocycles. The number of ether oxygens (including phenoxy) is 1. The van der Waals surface area contributed by atoms with Gasteiger partial charge in [-0.3, -0.25) is 4.79 Å². The Morgan fingerprint density at radius 2 is 2.03 bits per heavy atom. The number of benzene rings is 1. The Morgan fingerprint density at radius 1 is 1.27 bits per heavy atom. The van der Waals surface area contributed by atoms with Crippen molar-refractivity contribution in [2.75, 3.05) is 57.5 Å². The van der Waals surface area contributed by atoms with Crippen LogP contribution in [0.3, 0.4) is 0 Å². The molecule has 1 amide bonds. The number of methoxy groups -OCH3 is 1. The second-order valence-corrected chi connectivity index (χ2v) is 7.96. The molecule has 0 radical (unpaired) electrons. The third kappa shape index (κ3) is 5.12. The molecule has 1 saturated heterocycles. The quantitative estimate of drug-likeness (QED) is 0.396. The van der Waals surface area contributed by atoms with Gasteiger partial charge in [-0.1, -0.05) is 12.1 Å². The van der Waals surface area contributed by atoms with Crippen molar-refractivity contribution in [2.24, 2.45) is 0 Å². The van der Waals surface area contributed by atoms with Gasteiger partial charge in [-0.2, -0.15) is 4.98 Å². The molecular weight excluding hydrogens is 422 g/mol. The van der Waals surface area contributed by atoms with Crippen LogP contribution in [0.5, 0.6) is 0 Å². The number of nitrogens with one attached hydrogen (secondary N) is 2. The van der Waals surface area contributed by atoms with E-state index in [0.29, 0.717) is 55.4 Å². The van der Waals surface area contributed by atoms with Gasteiger partial charge in [-0.05, 0) is 23.8 Å². The number of amides is 1. The molecule has 10 heteroatoms. The van der Waals surface area contributed by atoms with Crippen molar-refractivity contribution in [3.63, 3.8) is 0 Å². The smallest absolute Gasteiger partial charge is 0.253 e. The van der Waals surface area contributed by atoms with Gasteiger partial charge < -0.3 is 35.7 Å². The molecule has 1 aromatic heterocycles. The number of aldehydes is 1. The Bertz CT molecular complexity index is 1020. The van der Waals surface area contributed by atoms with Crippen LogP contribution in [0.15, 0.2) is 30.5 Å². The lowest BCUT2D eigenvalue weighted by atomic mass is 10.0. The Labute approximate surface area is 192 Å². The third-order valence-electron chi connectivity index (χ3n) is 5.77. The molecule has 1 fully saturated rings. The van der Waals surface area contributed by atoms with E-state index in [4.69, 9.17) is 10.5 Å². The summed E-state index contributed by atoms with van der Waals surface area (Å²) in [5.74, 6) is 0.709. The summed E-state index contributed by atoms with van der Waals surface area (Å²) < 4.78 is 5.10. The predicted octanol–water partition coefficient (Wildman–Crippen LogP) is 0.889. The lowest BCUT2D eigenvalue weighted by molar-refractivity contribution is -0.112. The summed E-state index contributed by atoms with van der Waals surface area (Å²) in [6.45, 7) is 4.57. The molecule has 2 aliphatic rings. The normalized spacial score (nSPS) is 17.5. The summed E-state index contributed by atoms with van der Waals surface area (Å²) in [6, 6.07) is 6.98. The third-order valence-corrected chi connectivity index (χ3v) is 5.77. The summed E-state index contributed by atoms with van der Waals surface area (Å²) >= 11 is 0. The molecule has 4 N–H and O–H groups in total. The minimum absolute atomic E-state index is 0.0436. The SMILES string of the molecule is COCCNc1nc(N)nc2c1C(C=O)N(Cc1ccc(C(=O)N3CCNCC3)cc1)C=C2. The Morgan fingerprint density at radius 3 is 2.73 bits per heavy atom. The number of rotatable bonds is 8. The highest BCUT2D eigenvalue weighted by Gasteiger charge is 2.28. The number of aromatic nitrogens is 2. The average molecular weight is 452 g/mol. The zero-order valence-corrected chi connectivity index (χ0v) is 18.7. The van der Waals surface area contributed by atoms with Gasteiger partial charge >= 0.3 is 0 Å². The van der Waals surface area contributed by atoms with Gasteiger partial charge in [0.25, 0.3) is 5.91 Å². The fraction of sp³-hybridized carbons (Fsp3) is 0.391. The molecular formula is C23H29N7O3. The average Bonchev–Trinajstić information content (AvgIpc) is 2.84. The molecule has 2 aromatic rings. The number of nitrogen functional groups attached to an aromatic ring is 1. The number of anilines is 2. The van der Waals surface area contributed by atoms with Crippen LogP contribution in [0.2, 0.25) is 0 Å². The van der Waals surface area contributed by atoms with E-state index >= 15 is 0 Å². The Balaban J connectivity index is 1.51. The van der Waals surface area contributed by atoms with E-state index in [-0.39, 0.29) is 11.9 Å². The van der Waals surface area contributed by atoms with Gasteiger partial charge in [0.1, 0.15) is 18.1 Å². The van der Waals surface area contributed by atoms with Crippen LogP contribution in [0.25, 0.3) is 6.08 Å². The lowest BCUT2D eigenvalue weighted by Crippen LogP contribution is -2.46. The fourth-order valence-corrected chi connectivity index (χ4v) is 4.07. The lowest BCUT2D eigenvalue weighted by Gasteiger charge is -2.32. The first-order chi connectivity index (χ1) is 16.1. The largest absolute Gasteiger partial charge is 0.383 e. The topological polar surface area (TPSA) is 126 Å². The predicted molar refractivity (Wildman–Crippen MR) is 125 cm³/mol. The number of nitrogens with zero attached hydrogens (tertiary/aromatic N) is 4. The number of carbonyl (C=O) groups excluding carboxylic acids is 2. The molecule has 2 aliphatic heterocycles. The molecule has 3 heterocycles. The molecule has 0 aliphatic carbocycles. The molecule has 1 atom stereocenters. The van der Waals surface area contributed by atoms with Crippen molar-refractivity contribution in [2.45, 2.75) is 12.6 Å². The molecule has 4 rings (SSSR count). The highest BCUT2D eigenvalue weighted by atomic mass is 16.5. The minimum atomic E-state index is -0.571. The number of carbonyl (C=O) groups is 2. The van der Waals surface area contributed by atoms with Gasteiger partial charge in [0.2, 0.25) is 5.95 Å². The summed E-state index contributed by atoms with van der Waals surface area (Å²) in [6.07, 6.45) is 4.55. The second-order valence-electron chi connectivity index (χ2n) is 7.96. The van der Waals surface area contributed by atoms with Crippen molar-refractivity contribution >= 4 is 30.0 Å². The Hall–Kier alpha value is -3.50. The van der Waals surface area contributed by atoms with E-state index in [0.717, 1.165) is 24.9 Å². The van der Waals surface area contributed by atoms with E-state index in [1.54, 1.807) is 7.11 Å². The first-order valence-corrected chi connectivity index (χ1v) is 11.0. The molecule has 0 saturated carbocycles. The standard InChI is InChI=1S/C23H29N7O3/c1-33-13-9-26-21-20-18(27-23(24)28-21)6-10-30(19(20)15-31)14-16-2-4-17(5-3-16)22(32)29-11-7-25-8-12-29/h2-6,10,15,19,25H,7-9,11-14H2,1H3,(H3,24,26,27,28). The summed E-state index contributed by atoms with van der Waals surface area (Å²) in [4.78, 5) is 37.2. The Kier molecular flexibility index (Phi) is 7.16. The second kappa shape index (κ2) is 10.4. The first-order valence-electron chi connectivity index (χ1n) is 11.0. The summed E-state index contributed by atoms with van der Waals surface area (Å²) in [5.41, 5.74) is 8.81. The van der Waals surface area contributed by atoms with E-state index in [9.17, 15) is 9.59 Å². The maximum Gasteiger partial charge on any atom is 0.253 e. The maximum atomic E-state index is 12.7. The van der Waals surface area contributed by atoms with Gasteiger partial charge in [-0.15, -0.1) is 0 Å². The van der Waals surface area contributed by atoms with Crippen LogP contribution >= 0.6 is 0 Å². The van der Waals surface area contributed by atoms with E-state index < -0.39 is 6.04 Å². The van der Waals surface area contributed by atoms with Crippen LogP contribution in [0.1, 0.15) is 33.2 Å². The number of fused-ring (bicyclic) bond motifs is 1.